The molecule has 128 valence electrons. The summed E-state index contributed by atoms with van der Waals surface area (Å²) >= 11 is 0. The maximum absolute atomic E-state index is 10.5. The van der Waals surface area contributed by atoms with Crippen molar-refractivity contribution in [3.8, 4) is 11.3 Å². The summed E-state index contributed by atoms with van der Waals surface area (Å²) < 4.78 is 10.9. The fourth-order valence-electron chi connectivity index (χ4n) is 3.77. The number of ether oxygens (including phenoxy) is 1. The lowest BCUT2D eigenvalue weighted by molar-refractivity contribution is -0.00618. The molecule has 1 aromatic carbocycles. The van der Waals surface area contributed by atoms with Gasteiger partial charge in [-0.3, -0.25) is 9.80 Å². The van der Waals surface area contributed by atoms with Gasteiger partial charge in [0.15, 0.2) is 0 Å². The van der Waals surface area contributed by atoms with Gasteiger partial charge in [-0.25, -0.2) is 0 Å². The molecule has 0 aliphatic carbocycles. The number of hydrogen-bond acceptors (Lipinski definition) is 5. The molecule has 0 unspecified atom stereocenters. The van der Waals surface area contributed by atoms with E-state index in [2.05, 4.69) is 34.1 Å². The van der Waals surface area contributed by atoms with Crippen LogP contribution in [-0.2, 0) is 11.3 Å². The lowest BCUT2D eigenvalue weighted by Gasteiger charge is -2.33. The molecule has 0 radical (unpaired) electrons. The molecule has 2 aliphatic rings. The Morgan fingerprint density at radius 2 is 1.96 bits per heavy atom. The molecule has 0 amide bonds. The summed E-state index contributed by atoms with van der Waals surface area (Å²) in [5.41, 5.74) is 2.35. The monoisotopic (exact) mass is 328 g/mol. The molecule has 5 nitrogen and oxygen atoms in total. The highest BCUT2D eigenvalue weighted by molar-refractivity contribution is 5.58. The van der Waals surface area contributed by atoms with Gasteiger partial charge in [0.1, 0.15) is 5.76 Å². The summed E-state index contributed by atoms with van der Waals surface area (Å²) in [7, 11) is 0. The van der Waals surface area contributed by atoms with Crippen molar-refractivity contribution in [1.29, 1.82) is 0 Å². The quantitative estimate of drug-likeness (QED) is 0.928. The first kappa shape index (κ1) is 15.8. The molecular formula is C19H24N2O3. The lowest BCUT2D eigenvalue weighted by atomic mass is 10.1. The Balaban J connectivity index is 1.42. The fourth-order valence-corrected chi connectivity index (χ4v) is 3.77. The Morgan fingerprint density at radius 1 is 1.08 bits per heavy atom. The van der Waals surface area contributed by atoms with Gasteiger partial charge in [0.25, 0.3) is 0 Å². The number of aliphatic hydroxyl groups is 1. The van der Waals surface area contributed by atoms with E-state index in [1.54, 1.807) is 6.26 Å². The van der Waals surface area contributed by atoms with E-state index >= 15 is 0 Å². The van der Waals surface area contributed by atoms with Crippen LogP contribution in [0.5, 0.6) is 0 Å². The van der Waals surface area contributed by atoms with Gasteiger partial charge in [0.05, 0.1) is 25.6 Å². The van der Waals surface area contributed by atoms with Crippen LogP contribution in [0.25, 0.3) is 11.3 Å². The maximum atomic E-state index is 10.5. The molecule has 1 aromatic heterocycles. The van der Waals surface area contributed by atoms with E-state index < -0.39 is 0 Å². The smallest absolute Gasteiger partial charge is 0.133 e. The molecule has 24 heavy (non-hydrogen) atoms. The molecule has 0 spiro atoms. The predicted octanol–water partition coefficient (Wildman–Crippen LogP) is 1.82. The van der Waals surface area contributed by atoms with Crippen molar-refractivity contribution in [3.05, 3.63) is 48.2 Å². The second-order valence-electron chi connectivity index (χ2n) is 6.65. The van der Waals surface area contributed by atoms with Crippen molar-refractivity contribution in [2.45, 2.75) is 18.7 Å². The summed E-state index contributed by atoms with van der Waals surface area (Å²) in [6.07, 6.45) is 1.42. The van der Waals surface area contributed by atoms with E-state index in [1.165, 1.54) is 5.56 Å². The Morgan fingerprint density at radius 3 is 2.75 bits per heavy atom. The highest BCUT2D eigenvalue weighted by atomic mass is 16.5. The number of likely N-dealkylation sites (tertiary alicyclic amines) is 1. The molecule has 1 N–H and O–H groups in total. The zero-order chi connectivity index (χ0) is 16.4. The van der Waals surface area contributed by atoms with E-state index in [-0.39, 0.29) is 12.1 Å². The zero-order valence-electron chi connectivity index (χ0n) is 13.8. The van der Waals surface area contributed by atoms with Crippen molar-refractivity contribution >= 4 is 0 Å². The minimum atomic E-state index is -0.281. The number of nitrogens with zero attached hydrogens (tertiary/aromatic N) is 2. The molecule has 2 atom stereocenters. The van der Waals surface area contributed by atoms with Crippen molar-refractivity contribution in [2.24, 2.45) is 0 Å². The maximum Gasteiger partial charge on any atom is 0.133 e. The number of β-amino-alcohol motifs (C(OH)–C–C–N with tert-alkyl or cyclic N) is 1. The summed E-state index contributed by atoms with van der Waals surface area (Å²) in [5.74, 6) is 0.893. The zero-order valence-corrected chi connectivity index (χ0v) is 13.8. The van der Waals surface area contributed by atoms with Gasteiger partial charge in [-0.15, -0.1) is 0 Å². The standard InChI is InChI=1S/C19H24N2O3/c22-18-14-20(13-17(18)21-6-9-23-10-7-21)12-15-3-1-4-16(11-15)19-5-2-8-24-19/h1-5,8,11,17-18,22H,6-7,9-10,12-14H2/t17-,18-/m0/s1. The van der Waals surface area contributed by atoms with Gasteiger partial charge in [0, 0.05) is 44.3 Å². The number of aliphatic hydroxyl groups excluding tert-OH is 1. The highest BCUT2D eigenvalue weighted by Gasteiger charge is 2.35. The molecule has 2 saturated heterocycles. The molecule has 2 fully saturated rings. The molecule has 5 heteroatoms. The summed E-state index contributed by atoms with van der Waals surface area (Å²) in [4.78, 5) is 4.71. The molecule has 0 saturated carbocycles. The Labute approximate surface area is 142 Å². The molecule has 2 aliphatic heterocycles. The van der Waals surface area contributed by atoms with Crippen LogP contribution in [0, 0.1) is 0 Å². The minimum Gasteiger partial charge on any atom is -0.464 e. The average molecular weight is 328 g/mol. The van der Waals surface area contributed by atoms with Crippen LogP contribution in [-0.4, -0.2) is 66.4 Å². The molecule has 0 bridgehead atoms. The second-order valence-corrected chi connectivity index (χ2v) is 6.65. The van der Waals surface area contributed by atoms with E-state index in [4.69, 9.17) is 9.15 Å². The van der Waals surface area contributed by atoms with Gasteiger partial charge >= 0.3 is 0 Å². The summed E-state index contributed by atoms with van der Waals surface area (Å²) in [5, 5.41) is 10.5. The predicted molar refractivity (Wildman–Crippen MR) is 91.6 cm³/mol. The normalized spacial score (nSPS) is 26.0. The van der Waals surface area contributed by atoms with Crippen molar-refractivity contribution in [2.75, 3.05) is 39.4 Å². The van der Waals surface area contributed by atoms with Gasteiger partial charge < -0.3 is 14.3 Å². The van der Waals surface area contributed by atoms with Crippen LogP contribution in [0.2, 0.25) is 0 Å². The third-order valence-electron chi connectivity index (χ3n) is 4.99. The first-order valence-corrected chi connectivity index (χ1v) is 8.64. The van der Waals surface area contributed by atoms with Gasteiger partial charge in [-0.05, 0) is 23.8 Å². The van der Waals surface area contributed by atoms with Crippen LogP contribution < -0.4 is 0 Å². The van der Waals surface area contributed by atoms with Gasteiger partial charge in [0.2, 0.25) is 0 Å². The molecule has 4 rings (SSSR count). The van der Waals surface area contributed by atoms with Crippen LogP contribution in [0.15, 0.2) is 47.1 Å². The third-order valence-corrected chi connectivity index (χ3v) is 4.99. The number of benzene rings is 1. The van der Waals surface area contributed by atoms with Crippen molar-refractivity contribution < 1.29 is 14.3 Å². The van der Waals surface area contributed by atoms with Gasteiger partial charge in [-0.1, -0.05) is 18.2 Å². The van der Waals surface area contributed by atoms with Crippen LogP contribution in [0.3, 0.4) is 0 Å². The van der Waals surface area contributed by atoms with Crippen LogP contribution in [0.1, 0.15) is 5.56 Å². The summed E-state index contributed by atoms with van der Waals surface area (Å²) in [6.45, 7) is 5.88. The van der Waals surface area contributed by atoms with E-state index in [1.807, 2.05) is 12.1 Å². The number of furan rings is 1. The third kappa shape index (κ3) is 3.39. The Bertz CT molecular complexity index is 652. The molecular weight excluding hydrogens is 304 g/mol. The summed E-state index contributed by atoms with van der Waals surface area (Å²) in [6, 6.07) is 12.6. The van der Waals surface area contributed by atoms with Crippen molar-refractivity contribution in [1.82, 2.24) is 9.80 Å². The number of hydrogen-bond donors (Lipinski definition) is 1. The van der Waals surface area contributed by atoms with E-state index in [0.717, 1.165) is 57.3 Å². The number of rotatable bonds is 4. The van der Waals surface area contributed by atoms with Gasteiger partial charge in [-0.2, -0.15) is 0 Å². The Kier molecular flexibility index (Phi) is 4.67. The van der Waals surface area contributed by atoms with Crippen molar-refractivity contribution in [3.63, 3.8) is 0 Å². The largest absolute Gasteiger partial charge is 0.464 e. The highest BCUT2D eigenvalue weighted by Crippen LogP contribution is 2.23. The first-order valence-electron chi connectivity index (χ1n) is 8.64. The Hall–Kier alpha value is -1.66. The average Bonchev–Trinajstić information content (AvgIpc) is 3.26. The lowest BCUT2D eigenvalue weighted by Crippen LogP contribution is -2.48. The SMILES string of the molecule is O[C@H]1CN(Cc2cccc(-c3ccco3)c2)C[C@@H]1N1CCOCC1. The second kappa shape index (κ2) is 7.07. The minimum absolute atomic E-state index is 0.224. The molecule has 2 aromatic rings. The first-order chi connectivity index (χ1) is 11.8. The number of morpholine rings is 1. The van der Waals surface area contributed by atoms with E-state index in [0.29, 0.717) is 0 Å². The molecule has 3 heterocycles. The topological polar surface area (TPSA) is 49.1 Å². The van der Waals surface area contributed by atoms with Crippen LogP contribution in [0.4, 0.5) is 0 Å². The van der Waals surface area contributed by atoms with Crippen LogP contribution >= 0.6 is 0 Å². The van der Waals surface area contributed by atoms with E-state index in [9.17, 15) is 5.11 Å². The fraction of sp³-hybridized carbons (Fsp3) is 0.474.